The second-order valence-electron chi connectivity index (χ2n) is 5.52. The topological polar surface area (TPSA) is 50.5 Å². The Labute approximate surface area is 148 Å². The van der Waals surface area contributed by atoms with E-state index in [1.54, 1.807) is 48.5 Å². The molecule has 1 aliphatic heterocycles. The summed E-state index contributed by atoms with van der Waals surface area (Å²) in [5, 5.41) is 0.533. The zero-order chi connectivity index (χ0) is 17.4. The molecule has 0 bridgehead atoms. The van der Waals surface area contributed by atoms with Crippen LogP contribution in [0.1, 0.15) is 11.3 Å². The number of halogens is 1. The van der Waals surface area contributed by atoms with Crippen molar-refractivity contribution >= 4 is 40.2 Å². The Balaban J connectivity index is 1.89. The number of hydrogen-bond donors (Lipinski definition) is 0. The summed E-state index contributed by atoms with van der Waals surface area (Å²) in [4.78, 5) is 27.3. The maximum atomic E-state index is 13.1. The number of carbonyl (C=O) groups excluding carboxylic acids is 2. The average molecular weight is 350 g/mol. The van der Waals surface area contributed by atoms with E-state index in [2.05, 4.69) is 0 Å². The number of amides is 2. The molecule has 0 spiro atoms. The molecule has 0 radical (unpaired) electrons. The molecule has 0 atom stereocenters. The van der Waals surface area contributed by atoms with Crippen molar-refractivity contribution in [3.05, 3.63) is 89.3 Å². The van der Waals surface area contributed by atoms with Gasteiger partial charge in [0.1, 0.15) is 5.76 Å². The molecule has 2 heterocycles. The lowest BCUT2D eigenvalue weighted by Gasteiger charge is -2.15. The van der Waals surface area contributed by atoms with E-state index in [0.717, 1.165) is 4.90 Å². The Kier molecular flexibility index (Phi) is 3.75. The number of anilines is 1. The van der Waals surface area contributed by atoms with E-state index in [-0.39, 0.29) is 11.5 Å². The first kappa shape index (κ1) is 15.4. The molecule has 4 rings (SSSR count). The molecule has 0 aliphatic carbocycles. The van der Waals surface area contributed by atoms with Crippen LogP contribution in [-0.4, -0.2) is 11.8 Å². The van der Waals surface area contributed by atoms with Crippen molar-refractivity contribution < 1.29 is 14.0 Å². The fourth-order valence-corrected chi connectivity index (χ4v) is 3.00. The number of benzene rings is 2. The summed E-state index contributed by atoms with van der Waals surface area (Å²) in [6, 6.07) is 19.0. The maximum Gasteiger partial charge on any atom is 0.269 e. The Morgan fingerprint density at radius 3 is 2.08 bits per heavy atom. The van der Waals surface area contributed by atoms with E-state index in [4.69, 9.17) is 16.0 Å². The minimum atomic E-state index is -0.416. The van der Waals surface area contributed by atoms with Gasteiger partial charge in [-0.15, -0.1) is 0 Å². The van der Waals surface area contributed by atoms with Gasteiger partial charge in [0.25, 0.3) is 11.8 Å². The van der Waals surface area contributed by atoms with Gasteiger partial charge < -0.3 is 4.42 Å². The van der Waals surface area contributed by atoms with Crippen molar-refractivity contribution in [3.8, 4) is 0 Å². The minimum absolute atomic E-state index is 0.260. The summed E-state index contributed by atoms with van der Waals surface area (Å²) in [6.45, 7) is 0. The zero-order valence-corrected chi connectivity index (χ0v) is 13.7. The van der Waals surface area contributed by atoms with Crippen LogP contribution >= 0.6 is 11.6 Å². The average Bonchev–Trinajstić information content (AvgIpc) is 3.23. The van der Waals surface area contributed by atoms with Gasteiger partial charge >= 0.3 is 0 Å². The minimum Gasteiger partial charge on any atom is -0.464 e. The molecular formula is C20H12ClNO3. The Bertz CT molecular complexity index is 974. The van der Waals surface area contributed by atoms with Crippen LogP contribution in [0.2, 0.25) is 5.02 Å². The molecule has 1 aromatic heterocycles. The SMILES string of the molecule is O=C1C(c2ccccc2)=C(c2ccco2)C(=O)N1c1ccc(Cl)cc1. The van der Waals surface area contributed by atoms with E-state index in [1.165, 1.54) is 6.26 Å². The number of nitrogens with zero attached hydrogens (tertiary/aromatic N) is 1. The lowest BCUT2D eigenvalue weighted by Crippen LogP contribution is -2.31. The lowest BCUT2D eigenvalue weighted by molar-refractivity contribution is -0.119. The van der Waals surface area contributed by atoms with Gasteiger partial charge in [0.15, 0.2) is 0 Å². The monoisotopic (exact) mass is 349 g/mol. The Morgan fingerprint density at radius 2 is 1.44 bits per heavy atom. The van der Waals surface area contributed by atoms with Crippen LogP contribution in [-0.2, 0) is 9.59 Å². The second-order valence-corrected chi connectivity index (χ2v) is 5.95. The molecular weight excluding hydrogens is 338 g/mol. The van der Waals surface area contributed by atoms with Gasteiger partial charge in [-0.1, -0.05) is 41.9 Å². The van der Waals surface area contributed by atoms with Crippen LogP contribution in [0.3, 0.4) is 0 Å². The maximum absolute atomic E-state index is 13.1. The highest BCUT2D eigenvalue weighted by molar-refractivity contribution is 6.56. The molecule has 2 aromatic carbocycles. The molecule has 25 heavy (non-hydrogen) atoms. The molecule has 0 N–H and O–H groups in total. The molecule has 0 saturated heterocycles. The van der Waals surface area contributed by atoms with E-state index in [0.29, 0.717) is 27.6 Å². The smallest absolute Gasteiger partial charge is 0.269 e. The van der Waals surface area contributed by atoms with Crippen LogP contribution in [0.5, 0.6) is 0 Å². The fourth-order valence-electron chi connectivity index (χ4n) is 2.88. The lowest BCUT2D eigenvalue weighted by atomic mass is 10.0. The van der Waals surface area contributed by atoms with Crippen molar-refractivity contribution in [3.63, 3.8) is 0 Å². The van der Waals surface area contributed by atoms with Gasteiger partial charge in [0, 0.05) is 5.02 Å². The third-order valence-electron chi connectivity index (χ3n) is 4.00. The van der Waals surface area contributed by atoms with Crippen molar-refractivity contribution in [1.82, 2.24) is 0 Å². The molecule has 0 unspecified atom stereocenters. The third-order valence-corrected chi connectivity index (χ3v) is 4.25. The predicted octanol–water partition coefficient (Wildman–Crippen LogP) is 4.42. The van der Waals surface area contributed by atoms with Gasteiger partial charge in [0.05, 0.1) is 23.1 Å². The molecule has 3 aromatic rings. The van der Waals surface area contributed by atoms with Gasteiger partial charge in [-0.25, -0.2) is 4.90 Å². The molecule has 1 aliphatic rings. The standard InChI is InChI=1S/C20H12ClNO3/c21-14-8-10-15(11-9-14)22-19(23)17(13-5-2-1-3-6-13)18(20(22)24)16-7-4-12-25-16/h1-12H. The van der Waals surface area contributed by atoms with Gasteiger partial charge in [-0.3, -0.25) is 9.59 Å². The first-order valence-corrected chi connectivity index (χ1v) is 8.02. The quantitative estimate of drug-likeness (QED) is 0.658. The Hall–Kier alpha value is -3.11. The molecule has 5 heteroatoms. The highest BCUT2D eigenvalue weighted by Gasteiger charge is 2.41. The Morgan fingerprint density at radius 1 is 0.760 bits per heavy atom. The second kappa shape index (κ2) is 6.07. The summed E-state index contributed by atoms with van der Waals surface area (Å²) in [5.74, 6) is -0.431. The van der Waals surface area contributed by atoms with Gasteiger partial charge in [0.2, 0.25) is 0 Å². The highest BCUT2D eigenvalue weighted by Crippen LogP contribution is 2.38. The highest BCUT2D eigenvalue weighted by atomic mass is 35.5. The largest absolute Gasteiger partial charge is 0.464 e. The summed E-state index contributed by atoms with van der Waals surface area (Å²) in [7, 11) is 0. The zero-order valence-electron chi connectivity index (χ0n) is 13.0. The van der Waals surface area contributed by atoms with Crippen molar-refractivity contribution in [2.75, 3.05) is 4.90 Å². The van der Waals surface area contributed by atoms with E-state index >= 15 is 0 Å². The van der Waals surface area contributed by atoms with E-state index in [9.17, 15) is 9.59 Å². The normalized spacial score (nSPS) is 14.5. The van der Waals surface area contributed by atoms with Crippen molar-refractivity contribution in [2.24, 2.45) is 0 Å². The first-order chi connectivity index (χ1) is 12.2. The number of furan rings is 1. The summed E-state index contributed by atoms with van der Waals surface area (Å²) >= 11 is 5.91. The summed E-state index contributed by atoms with van der Waals surface area (Å²) < 4.78 is 5.41. The summed E-state index contributed by atoms with van der Waals surface area (Å²) in [5.41, 5.74) is 1.73. The van der Waals surface area contributed by atoms with Crippen LogP contribution < -0.4 is 4.90 Å². The van der Waals surface area contributed by atoms with Crippen molar-refractivity contribution in [2.45, 2.75) is 0 Å². The molecule has 0 fully saturated rings. The molecule has 2 amide bonds. The fraction of sp³-hybridized carbons (Fsp3) is 0. The first-order valence-electron chi connectivity index (χ1n) is 7.65. The van der Waals surface area contributed by atoms with Crippen LogP contribution in [0.15, 0.2) is 77.4 Å². The van der Waals surface area contributed by atoms with E-state index in [1.807, 2.05) is 18.2 Å². The van der Waals surface area contributed by atoms with Crippen LogP contribution in [0.4, 0.5) is 5.69 Å². The number of imide groups is 1. The predicted molar refractivity (Wildman–Crippen MR) is 95.9 cm³/mol. The van der Waals surface area contributed by atoms with Crippen LogP contribution in [0.25, 0.3) is 11.1 Å². The molecule has 0 saturated carbocycles. The van der Waals surface area contributed by atoms with Gasteiger partial charge in [-0.05, 0) is 42.0 Å². The molecule has 4 nitrogen and oxygen atoms in total. The van der Waals surface area contributed by atoms with Crippen molar-refractivity contribution in [1.29, 1.82) is 0 Å². The van der Waals surface area contributed by atoms with E-state index < -0.39 is 5.91 Å². The van der Waals surface area contributed by atoms with Crippen LogP contribution in [0, 0.1) is 0 Å². The number of hydrogen-bond acceptors (Lipinski definition) is 3. The summed E-state index contributed by atoms with van der Waals surface area (Å²) in [6.07, 6.45) is 1.48. The molecule has 122 valence electrons. The number of carbonyl (C=O) groups is 2. The third kappa shape index (κ3) is 2.57. The number of rotatable bonds is 3. The van der Waals surface area contributed by atoms with Gasteiger partial charge in [-0.2, -0.15) is 0 Å².